The molecule has 122 valence electrons. The van der Waals surface area contributed by atoms with Gasteiger partial charge in [-0.3, -0.25) is 4.68 Å². The van der Waals surface area contributed by atoms with E-state index in [9.17, 15) is 0 Å². The maximum absolute atomic E-state index is 4.63. The van der Waals surface area contributed by atoms with Crippen LogP contribution in [0.4, 0.5) is 5.82 Å². The summed E-state index contributed by atoms with van der Waals surface area (Å²) in [6.07, 6.45) is 1.09. The smallest absolute Gasteiger partial charge is 0.151 e. The van der Waals surface area contributed by atoms with Crippen LogP contribution in [0.1, 0.15) is 23.9 Å². The first-order chi connectivity index (χ1) is 11.7. The quantitative estimate of drug-likeness (QED) is 0.742. The molecule has 1 aliphatic heterocycles. The topological polar surface area (TPSA) is 46.8 Å². The predicted molar refractivity (Wildman–Crippen MR) is 95.0 cm³/mol. The number of benzene rings is 1. The Bertz CT molecular complexity index is 823. The number of hydrogen-bond donors (Lipinski definition) is 0. The first-order valence-corrected chi connectivity index (χ1v) is 8.37. The van der Waals surface area contributed by atoms with E-state index in [4.69, 9.17) is 0 Å². The molecule has 0 N–H and O–H groups in total. The van der Waals surface area contributed by atoms with Crippen LogP contribution in [0.5, 0.6) is 0 Å². The van der Waals surface area contributed by atoms with Gasteiger partial charge in [-0.1, -0.05) is 30.3 Å². The fourth-order valence-electron chi connectivity index (χ4n) is 3.42. The Labute approximate surface area is 142 Å². The largest absolute Gasteiger partial charge is 0.353 e. The average molecular weight is 319 g/mol. The van der Waals surface area contributed by atoms with Gasteiger partial charge in [0.25, 0.3) is 0 Å². The van der Waals surface area contributed by atoms with Gasteiger partial charge in [0.2, 0.25) is 0 Å². The van der Waals surface area contributed by atoms with Gasteiger partial charge in [-0.05, 0) is 38.5 Å². The summed E-state index contributed by atoms with van der Waals surface area (Å²) in [5, 5.41) is 13.5. The molecule has 24 heavy (non-hydrogen) atoms. The molecule has 5 nitrogen and oxygen atoms in total. The lowest BCUT2D eigenvalue weighted by atomic mass is 10.1. The zero-order valence-electron chi connectivity index (χ0n) is 14.1. The summed E-state index contributed by atoms with van der Waals surface area (Å²) in [7, 11) is 0. The fourth-order valence-corrected chi connectivity index (χ4v) is 3.42. The van der Waals surface area contributed by atoms with E-state index in [1.807, 2.05) is 31.2 Å². The molecule has 1 fully saturated rings. The van der Waals surface area contributed by atoms with E-state index in [-0.39, 0.29) is 0 Å². The van der Waals surface area contributed by atoms with Crippen LogP contribution in [-0.4, -0.2) is 33.1 Å². The van der Waals surface area contributed by atoms with Crippen molar-refractivity contribution < 1.29 is 0 Å². The van der Waals surface area contributed by atoms with Gasteiger partial charge in [-0.2, -0.15) is 5.10 Å². The van der Waals surface area contributed by atoms with Crippen LogP contribution in [-0.2, 0) is 0 Å². The maximum atomic E-state index is 4.63. The van der Waals surface area contributed by atoms with Crippen molar-refractivity contribution in [2.24, 2.45) is 0 Å². The zero-order valence-corrected chi connectivity index (χ0v) is 14.1. The monoisotopic (exact) mass is 319 g/mol. The average Bonchev–Trinajstić information content (AvgIpc) is 3.22. The molecule has 3 aromatic rings. The molecule has 5 heteroatoms. The molecule has 1 aromatic carbocycles. The van der Waals surface area contributed by atoms with Crippen molar-refractivity contribution in [2.45, 2.75) is 26.3 Å². The highest BCUT2D eigenvalue weighted by atomic mass is 15.4. The highest BCUT2D eigenvalue weighted by molar-refractivity contribution is 5.59. The maximum Gasteiger partial charge on any atom is 0.151 e. The van der Waals surface area contributed by atoms with E-state index >= 15 is 0 Å². The third-order valence-corrected chi connectivity index (χ3v) is 4.60. The fraction of sp³-hybridized carbons (Fsp3) is 0.316. The Morgan fingerprint density at radius 1 is 1.00 bits per heavy atom. The molecular formula is C19H21N5. The second kappa shape index (κ2) is 6.07. The van der Waals surface area contributed by atoms with E-state index in [0.29, 0.717) is 6.04 Å². The summed E-state index contributed by atoms with van der Waals surface area (Å²) in [4.78, 5) is 2.29. The molecule has 0 amide bonds. The third kappa shape index (κ3) is 2.77. The van der Waals surface area contributed by atoms with E-state index in [1.165, 1.54) is 5.69 Å². The summed E-state index contributed by atoms with van der Waals surface area (Å²) in [5.41, 5.74) is 4.31. The number of rotatable bonds is 3. The summed E-state index contributed by atoms with van der Waals surface area (Å²) < 4.78 is 2.15. The minimum absolute atomic E-state index is 0.411. The molecule has 4 rings (SSSR count). The highest BCUT2D eigenvalue weighted by Crippen LogP contribution is 2.27. The first-order valence-electron chi connectivity index (χ1n) is 8.37. The van der Waals surface area contributed by atoms with Gasteiger partial charge in [0, 0.05) is 24.3 Å². The van der Waals surface area contributed by atoms with Crippen LogP contribution < -0.4 is 4.90 Å². The number of aryl methyl sites for hydroxylation is 2. The van der Waals surface area contributed by atoms with Crippen LogP contribution in [0.3, 0.4) is 0 Å². The van der Waals surface area contributed by atoms with Crippen LogP contribution in [0.15, 0.2) is 48.5 Å². The normalized spacial score (nSPS) is 17.4. The lowest BCUT2D eigenvalue weighted by Crippen LogP contribution is -2.23. The zero-order chi connectivity index (χ0) is 16.5. The second-order valence-corrected chi connectivity index (χ2v) is 6.40. The summed E-state index contributed by atoms with van der Waals surface area (Å²) in [6.45, 7) is 6.09. The van der Waals surface area contributed by atoms with Gasteiger partial charge in [0.15, 0.2) is 5.82 Å². The van der Waals surface area contributed by atoms with Crippen LogP contribution in [0.2, 0.25) is 0 Å². The number of aromatic nitrogens is 4. The molecule has 0 aliphatic carbocycles. The van der Waals surface area contributed by atoms with E-state index < -0.39 is 0 Å². The van der Waals surface area contributed by atoms with Crippen molar-refractivity contribution in [3.63, 3.8) is 0 Å². The van der Waals surface area contributed by atoms with Gasteiger partial charge in [-0.25, -0.2) is 0 Å². The third-order valence-electron chi connectivity index (χ3n) is 4.60. The number of anilines is 1. The second-order valence-electron chi connectivity index (χ2n) is 6.40. The number of hydrogen-bond acceptors (Lipinski definition) is 4. The Kier molecular flexibility index (Phi) is 3.76. The van der Waals surface area contributed by atoms with E-state index in [2.05, 4.69) is 56.1 Å². The van der Waals surface area contributed by atoms with Gasteiger partial charge in [0.1, 0.15) is 0 Å². The Morgan fingerprint density at radius 2 is 1.83 bits per heavy atom. The summed E-state index contributed by atoms with van der Waals surface area (Å²) in [6, 6.07) is 16.8. The van der Waals surface area contributed by atoms with Crippen molar-refractivity contribution in [1.82, 2.24) is 20.0 Å². The molecule has 3 heterocycles. The van der Waals surface area contributed by atoms with Gasteiger partial charge < -0.3 is 4.90 Å². The predicted octanol–water partition coefficient (Wildman–Crippen LogP) is 3.41. The molecule has 1 atom stereocenters. The molecule has 0 bridgehead atoms. The molecule has 0 radical (unpaired) electrons. The van der Waals surface area contributed by atoms with E-state index in [1.54, 1.807) is 0 Å². The Morgan fingerprint density at radius 3 is 2.50 bits per heavy atom. The Hall–Kier alpha value is -2.69. The van der Waals surface area contributed by atoms with Gasteiger partial charge >= 0.3 is 0 Å². The van der Waals surface area contributed by atoms with Crippen LogP contribution >= 0.6 is 0 Å². The minimum atomic E-state index is 0.411. The molecule has 2 aromatic heterocycles. The molecule has 0 unspecified atom stereocenters. The summed E-state index contributed by atoms with van der Waals surface area (Å²) >= 11 is 0. The number of nitrogens with zero attached hydrogens (tertiary/aromatic N) is 5. The standard InChI is InChI=1S/C19H21N5/c1-14-12-15(2)24(22-14)17-10-11-23(13-17)19-9-8-18(20-21-19)16-6-4-3-5-7-16/h3-9,12,17H,10-11,13H2,1-2H3/t17-/m0/s1. The van der Waals surface area contributed by atoms with E-state index in [0.717, 1.165) is 42.3 Å². The first kappa shape index (κ1) is 14.9. The van der Waals surface area contributed by atoms with Crippen LogP contribution in [0, 0.1) is 13.8 Å². The van der Waals surface area contributed by atoms with Crippen molar-refractivity contribution in [3.8, 4) is 11.3 Å². The lowest BCUT2D eigenvalue weighted by Gasteiger charge is -2.17. The molecular weight excluding hydrogens is 298 g/mol. The van der Waals surface area contributed by atoms with Crippen molar-refractivity contribution in [2.75, 3.05) is 18.0 Å². The molecule has 1 aliphatic rings. The highest BCUT2D eigenvalue weighted by Gasteiger charge is 2.26. The van der Waals surface area contributed by atoms with Gasteiger partial charge in [0.05, 0.1) is 17.4 Å². The molecule has 0 spiro atoms. The van der Waals surface area contributed by atoms with Crippen molar-refractivity contribution in [3.05, 3.63) is 59.9 Å². The SMILES string of the molecule is Cc1cc(C)n([C@H]2CCN(c3ccc(-c4ccccc4)nn3)C2)n1. The van der Waals surface area contributed by atoms with Crippen LogP contribution in [0.25, 0.3) is 11.3 Å². The van der Waals surface area contributed by atoms with Crippen molar-refractivity contribution in [1.29, 1.82) is 0 Å². The Balaban J connectivity index is 1.50. The lowest BCUT2D eigenvalue weighted by molar-refractivity contribution is 0.481. The summed E-state index contributed by atoms with van der Waals surface area (Å²) in [5.74, 6) is 0.943. The van der Waals surface area contributed by atoms with Gasteiger partial charge in [-0.15, -0.1) is 10.2 Å². The molecule has 0 saturated carbocycles. The molecule has 1 saturated heterocycles. The minimum Gasteiger partial charge on any atom is -0.353 e. The van der Waals surface area contributed by atoms with Crippen molar-refractivity contribution >= 4 is 5.82 Å².